The van der Waals surface area contributed by atoms with Crippen LogP contribution in [0.25, 0.3) is 0 Å². The number of amides is 1. The Morgan fingerprint density at radius 1 is 1.78 bits per heavy atom. The van der Waals surface area contributed by atoms with Crippen LogP contribution in [0, 0.1) is 0 Å². The zero-order chi connectivity index (χ0) is 6.69. The fourth-order valence-electron chi connectivity index (χ4n) is 0.591. The van der Waals surface area contributed by atoms with Gasteiger partial charge in [0.2, 0.25) is 0 Å². The van der Waals surface area contributed by atoms with Gasteiger partial charge in [-0.15, -0.1) is 0 Å². The molecule has 0 aromatic rings. The largest absolute Gasteiger partial charge is 0.435 e. The quantitative estimate of drug-likeness (QED) is 0.492. The fourth-order valence-corrected chi connectivity index (χ4v) is 0.659. The summed E-state index contributed by atoms with van der Waals surface area (Å²) in [7, 11) is 1.90. The number of carbonyl (C=O) groups excluding carboxylic acids is 1. The minimum atomic E-state index is -0.383. The van der Waals surface area contributed by atoms with E-state index in [1.165, 1.54) is 0 Å². The highest BCUT2D eigenvalue weighted by atomic mass is 31.0. The van der Waals surface area contributed by atoms with Crippen molar-refractivity contribution in [2.75, 3.05) is 13.1 Å². The molecule has 4 nitrogen and oxygen atoms in total. The van der Waals surface area contributed by atoms with Crippen LogP contribution in [0.4, 0.5) is 4.79 Å². The number of hydrogen-bond donors (Lipinski definition) is 2. The second kappa shape index (κ2) is 2.99. The first-order chi connectivity index (χ1) is 4.33. The third kappa shape index (κ3) is 1.80. The third-order valence-electron chi connectivity index (χ3n) is 1.21. The van der Waals surface area contributed by atoms with Crippen molar-refractivity contribution in [1.29, 1.82) is 0 Å². The number of hydrogen-bond acceptors (Lipinski definition) is 3. The molecule has 1 aliphatic heterocycles. The molecule has 0 spiro atoms. The predicted molar refractivity (Wildman–Crippen MR) is 36.0 cm³/mol. The Morgan fingerprint density at radius 3 is 2.78 bits per heavy atom. The molecule has 0 aromatic carbocycles. The minimum Gasteiger partial charge on any atom is -0.435 e. The van der Waals surface area contributed by atoms with Crippen molar-refractivity contribution in [1.82, 2.24) is 10.6 Å². The van der Waals surface area contributed by atoms with Crippen molar-refractivity contribution in [2.24, 2.45) is 0 Å². The van der Waals surface area contributed by atoms with Crippen molar-refractivity contribution in [3.63, 3.8) is 0 Å². The van der Waals surface area contributed by atoms with Crippen molar-refractivity contribution < 1.29 is 9.32 Å². The van der Waals surface area contributed by atoms with Crippen LogP contribution < -0.4 is 10.6 Å². The van der Waals surface area contributed by atoms with Gasteiger partial charge in [0.1, 0.15) is 0 Å². The first-order valence-corrected chi connectivity index (χ1v) is 3.18. The summed E-state index contributed by atoms with van der Waals surface area (Å²) < 4.78 is 4.30. The van der Waals surface area contributed by atoms with Crippen LogP contribution in [0.3, 0.4) is 0 Å². The van der Waals surface area contributed by atoms with E-state index >= 15 is 0 Å². The smallest absolute Gasteiger partial charge is 0.409 e. The van der Waals surface area contributed by atoms with Gasteiger partial charge in [-0.25, -0.2) is 4.79 Å². The van der Waals surface area contributed by atoms with Crippen LogP contribution in [0.15, 0.2) is 0 Å². The Hall–Kier alpha value is -0.340. The summed E-state index contributed by atoms with van der Waals surface area (Å²) in [6.07, 6.45) is -0.383. The Kier molecular flexibility index (Phi) is 2.25. The molecular weight excluding hydrogens is 139 g/mol. The monoisotopic (exact) mass is 148 g/mol. The maximum absolute atomic E-state index is 10.4. The van der Waals surface area contributed by atoms with Crippen LogP contribution in [0.2, 0.25) is 0 Å². The van der Waals surface area contributed by atoms with Gasteiger partial charge in [-0.3, -0.25) is 0 Å². The van der Waals surface area contributed by atoms with Crippen LogP contribution in [0.5, 0.6) is 0 Å². The van der Waals surface area contributed by atoms with E-state index in [0.29, 0.717) is 0 Å². The predicted octanol–water partition coefficient (Wildman–Crippen LogP) is -0.526. The molecule has 1 saturated heterocycles. The van der Waals surface area contributed by atoms with Crippen LogP contribution in [-0.4, -0.2) is 25.2 Å². The first-order valence-electron chi connectivity index (χ1n) is 2.71. The normalized spacial score (nSPS) is 18.3. The summed E-state index contributed by atoms with van der Waals surface area (Å²) in [5.41, 5.74) is 0. The summed E-state index contributed by atoms with van der Waals surface area (Å²) >= 11 is 0. The van der Waals surface area contributed by atoms with E-state index in [4.69, 9.17) is 0 Å². The summed E-state index contributed by atoms with van der Waals surface area (Å²) in [6, 6.07) is 0.262. The van der Waals surface area contributed by atoms with E-state index in [9.17, 15) is 4.79 Å². The standard InChI is InChI=1S/C4H9N2O2P/c7-4(8-9)6-3-1-5-2-3/h3,5H,1-2,9H2,(H,6,7). The first kappa shape index (κ1) is 6.78. The molecule has 1 fully saturated rings. The average molecular weight is 148 g/mol. The molecule has 1 amide bonds. The van der Waals surface area contributed by atoms with Gasteiger partial charge in [0.15, 0.2) is 0 Å². The molecule has 5 heteroatoms. The SMILES string of the molecule is O=C(NC1CNC1)OP. The molecule has 0 radical (unpaired) electrons. The summed E-state index contributed by atoms with van der Waals surface area (Å²) in [5, 5.41) is 5.64. The maximum atomic E-state index is 10.4. The number of nitrogens with one attached hydrogen (secondary N) is 2. The van der Waals surface area contributed by atoms with Crippen LogP contribution in [0.1, 0.15) is 0 Å². The molecule has 1 heterocycles. The van der Waals surface area contributed by atoms with Gasteiger partial charge in [-0.1, -0.05) is 0 Å². The Bertz CT molecular complexity index is 115. The van der Waals surface area contributed by atoms with E-state index in [1.807, 2.05) is 9.47 Å². The molecule has 1 aliphatic rings. The fraction of sp³-hybridized carbons (Fsp3) is 0.750. The highest BCUT2D eigenvalue weighted by Gasteiger charge is 2.18. The van der Waals surface area contributed by atoms with E-state index < -0.39 is 0 Å². The van der Waals surface area contributed by atoms with Crippen molar-refractivity contribution in [3.05, 3.63) is 0 Å². The lowest BCUT2D eigenvalue weighted by Gasteiger charge is -2.26. The molecule has 1 unspecified atom stereocenters. The summed E-state index contributed by atoms with van der Waals surface area (Å²) in [4.78, 5) is 10.4. The molecule has 2 N–H and O–H groups in total. The maximum Gasteiger partial charge on any atom is 0.409 e. The lowest BCUT2D eigenvalue weighted by Crippen LogP contribution is -2.56. The summed E-state index contributed by atoms with van der Waals surface area (Å²) in [5.74, 6) is 0. The second-order valence-electron chi connectivity index (χ2n) is 1.90. The van der Waals surface area contributed by atoms with E-state index in [-0.39, 0.29) is 12.1 Å². The van der Waals surface area contributed by atoms with Gasteiger partial charge in [0.05, 0.1) is 15.5 Å². The highest BCUT2D eigenvalue weighted by Crippen LogP contribution is 1.93. The second-order valence-corrected chi connectivity index (χ2v) is 2.14. The van der Waals surface area contributed by atoms with Crippen LogP contribution >= 0.6 is 9.47 Å². The molecule has 1 atom stereocenters. The minimum absolute atomic E-state index is 0.262. The molecule has 0 bridgehead atoms. The molecule has 1 rings (SSSR count). The van der Waals surface area contributed by atoms with Gasteiger partial charge in [-0.2, -0.15) is 0 Å². The average Bonchev–Trinajstić information content (AvgIpc) is 1.78. The molecular formula is C4H9N2O2P. The summed E-state index contributed by atoms with van der Waals surface area (Å²) in [6.45, 7) is 1.69. The number of carbonyl (C=O) groups is 1. The highest BCUT2D eigenvalue weighted by molar-refractivity contribution is 7.10. The van der Waals surface area contributed by atoms with Crippen molar-refractivity contribution in [3.8, 4) is 0 Å². The lowest BCUT2D eigenvalue weighted by molar-refractivity contribution is 0.198. The van der Waals surface area contributed by atoms with E-state index in [1.54, 1.807) is 0 Å². The van der Waals surface area contributed by atoms with Crippen molar-refractivity contribution >= 4 is 15.6 Å². The lowest BCUT2D eigenvalue weighted by atomic mass is 10.2. The van der Waals surface area contributed by atoms with Crippen molar-refractivity contribution in [2.45, 2.75) is 6.04 Å². The third-order valence-corrected chi connectivity index (χ3v) is 1.42. The van der Waals surface area contributed by atoms with E-state index in [0.717, 1.165) is 13.1 Å². The van der Waals surface area contributed by atoms with E-state index in [2.05, 4.69) is 15.2 Å². The topological polar surface area (TPSA) is 50.4 Å². The molecule has 0 aliphatic carbocycles. The van der Waals surface area contributed by atoms with Gasteiger partial charge in [0, 0.05) is 13.1 Å². The Morgan fingerprint density at radius 2 is 2.44 bits per heavy atom. The number of rotatable bonds is 1. The molecule has 0 aromatic heterocycles. The molecule has 0 saturated carbocycles. The van der Waals surface area contributed by atoms with Gasteiger partial charge in [-0.05, 0) is 0 Å². The Balaban J connectivity index is 2.09. The molecule has 52 valence electrons. The van der Waals surface area contributed by atoms with Crippen LogP contribution in [-0.2, 0) is 4.52 Å². The van der Waals surface area contributed by atoms with Gasteiger partial charge < -0.3 is 15.2 Å². The zero-order valence-corrected chi connectivity index (χ0v) is 6.04. The van der Waals surface area contributed by atoms with Gasteiger partial charge in [0.25, 0.3) is 0 Å². The zero-order valence-electron chi connectivity index (χ0n) is 4.89. The van der Waals surface area contributed by atoms with Gasteiger partial charge >= 0.3 is 6.09 Å². The Labute approximate surface area is 55.6 Å². The molecule has 9 heavy (non-hydrogen) atoms.